The fourth-order valence-electron chi connectivity index (χ4n) is 1.07. The van der Waals surface area contributed by atoms with E-state index < -0.39 is 0 Å². The highest BCUT2D eigenvalue weighted by molar-refractivity contribution is 4.84. The van der Waals surface area contributed by atoms with E-state index in [2.05, 4.69) is 11.5 Å². The summed E-state index contributed by atoms with van der Waals surface area (Å²) in [4.78, 5) is 2.10. The smallest absolute Gasteiger partial charge is 0.181 e. The van der Waals surface area contributed by atoms with Gasteiger partial charge in [0.1, 0.15) is 0 Å². The van der Waals surface area contributed by atoms with Gasteiger partial charge in [0.25, 0.3) is 0 Å². The summed E-state index contributed by atoms with van der Waals surface area (Å²) in [5, 5.41) is 0. The standard InChI is InChI=1S/C8H15NO2/c1-3-11-8(2)9-4-6-10-7-5-9/h2-7H2,1H3. The van der Waals surface area contributed by atoms with E-state index in [1.165, 1.54) is 0 Å². The van der Waals surface area contributed by atoms with Gasteiger partial charge in [-0.3, -0.25) is 0 Å². The molecule has 1 aliphatic heterocycles. The molecular weight excluding hydrogens is 142 g/mol. The zero-order valence-electron chi connectivity index (χ0n) is 7.01. The van der Waals surface area contributed by atoms with Gasteiger partial charge in [0, 0.05) is 13.1 Å². The molecule has 1 saturated heterocycles. The first-order chi connectivity index (χ1) is 5.34. The fraction of sp³-hybridized carbons (Fsp3) is 0.750. The Morgan fingerprint density at radius 1 is 1.55 bits per heavy atom. The highest BCUT2D eigenvalue weighted by Crippen LogP contribution is 2.05. The van der Waals surface area contributed by atoms with E-state index in [9.17, 15) is 0 Å². The summed E-state index contributed by atoms with van der Waals surface area (Å²) < 4.78 is 10.4. The van der Waals surface area contributed by atoms with E-state index in [1.807, 2.05) is 6.92 Å². The maximum Gasteiger partial charge on any atom is 0.181 e. The predicted octanol–water partition coefficient (Wildman–Crippen LogP) is 0.826. The molecule has 1 rings (SSSR count). The van der Waals surface area contributed by atoms with Crippen LogP contribution in [0.4, 0.5) is 0 Å². The number of rotatable bonds is 3. The maximum absolute atomic E-state index is 5.26. The van der Waals surface area contributed by atoms with Crippen LogP contribution in [0.1, 0.15) is 6.92 Å². The van der Waals surface area contributed by atoms with Crippen LogP contribution in [-0.2, 0) is 9.47 Å². The molecule has 1 fully saturated rings. The number of ether oxygens (including phenoxy) is 2. The first-order valence-electron chi connectivity index (χ1n) is 3.99. The van der Waals surface area contributed by atoms with Crippen molar-refractivity contribution in [3.63, 3.8) is 0 Å². The normalized spacial score (nSPS) is 18.1. The van der Waals surface area contributed by atoms with Crippen LogP contribution < -0.4 is 0 Å². The van der Waals surface area contributed by atoms with Crippen LogP contribution in [0.15, 0.2) is 12.5 Å². The second-order valence-electron chi connectivity index (χ2n) is 2.43. The molecule has 0 atom stereocenters. The van der Waals surface area contributed by atoms with E-state index in [0.717, 1.165) is 32.2 Å². The Balaban J connectivity index is 2.27. The second kappa shape index (κ2) is 4.23. The van der Waals surface area contributed by atoms with E-state index in [1.54, 1.807) is 0 Å². The molecule has 0 aliphatic carbocycles. The molecule has 0 aromatic rings. The van der Waals surface area contributed by atoms with E-state index in [4.69, 9.17) is 9.47 Å². The molecule has 0 aromatic heterocycles. The fourth-order valence-corrected chi connectivity index (χ4v) is 1.07. The number of hydrogen-bond acceptors (Lipinski definition) is 3. The lowest BCUT2D eigenvalue weighted by Gasteiger charge is -2.29. The molecule has 3 nitrogen and oxygen atoms in total. The van der Waals surface area contributed by atoms with Gasteiger partial charge in [0.05, 0.1) is 19.8 Å². The SMILES string of the molecule is C=C(OCC)N1CCOCC1. The van der Waals surface area contributed by atoms with Crippen LogP contribution >= 0.6 is 0 Å². The van der Waals surface area contributed by atoms with Crippen molar-refractivity contribution >= 4 is 0 Å². The van der Waals surface area contributed by atoms with E-state index >= 15 is 0 Å². The highest BCUT2D eigenvalue weighted by Gasteiger charge is 2.11. The summed E-state index contributed by atoms with van der Waals surface area (Å²) in [6, 6.07) is 0. The molecule has 64 valence electrons. The van der Waals surface area contributed by atoms with E-state index in [-0.39, 0.29) is 0 Å². The molecule has 0 saturated carbocycles. The summed E-state index contributed by atoms with van der Waals surface area (Å²) in [6.07, 6.45) is 0. The van der Waals surface area contributed by atoms with Crippen molar-refractivity contribution in [1.29, 1.82) is 0 Å². The minimum atomic E-state index is 0.691. The van der Waals surface area contributed by atoms with Crippen LogP contribution in [0.3, 0.4) is 0 Å². The minimum absolute atomic E-state index is 0.691. The molecule has 1 heterocycles. The topological polar surface area (TPSA) is 21.7 Å². The third-order valence-corrected chi connectivity index (χ3v) is 1.67. The van der Waals surface area contributed by atoms with Crippen molar-refractivity contribution in [2.24, 2.45) is 0 Å². The minimum Gasteiger partial charge on any atom is -0.480 e. The molecule has 0 aromatic carbocycles. The van der Waals surface area contributed by atoms with Crippen LogP contribution in [0.5, 0.6) is 0 Å². The largest absolute Gasteiger partial charge is 0.480 e. The number of hydrogen-bond donors (Lipinski definition) is 0. The summed E-state index contributed by atoms with van der Waals surface area (Å²) in [7, 11) is 0. The molecule has 0 spiro atoms. The quantitative estimate of drug-likeness (QED) is 0.566. The van der Waals surface area contributed by atoms with Gasteiger partial charge in [0.2, 0.25) is 0 Å². The lowest BCUT2D eigenvalue weighted by molar-refractivity contribution is 0.0171. The Bertz CT molecular complexity index is 130. The van der Waals surface area contributed by atoms with Crippen molar-refractivity contribution < 1.29 is 9.47 Å². The van der Waals surface area contributed by atoms with Crippen LogP contribution in [-0.4, -0.2) is 37.8 Å². The second-order valence-corrected chi connectivity index (χ2v) is 2.43. The lowest BCUT2D eigenvalue weighted by Crippen LogP contribution is -2.35. The Kier molecular flexibility index (Phi) is 3.23. The van der Waals surface area contributed by atoms with Crippen molar-refractivity contribution in [3.05, 3.63) is 12.5 Å². The van der Waals surface area contributed by atoms with Crippen LogP contribution in [0.25, 0.3) is 0 Å². The first kappa shape index (κ1) is 8.40. The molecule has 11 heavy (non-hydrogen) atoms. The van der Waals surface area contributed by atoms with Gasteiger partial charge in [0.15, 0.2) is 5.88 Å². The summed E-state index contributed by atoms with van der Waals surface area (Å²) >= 11 is 0. The zero-order chi connectivity index (χ0) is 8.10. The van der Waals surface area contributed by atoms with Gasteiger partial charge in [-0.25, -0.2) is 0 Å². The molecule has 0 N–H and O–H groups in total. The number of morpholine rings is 1. The number of nitrogens with zero attached hydrogens (tertiary/aromatic N) is 1. The molecule has 3 heteroatoms. The van der Waals surface area contributed by atoms with Gasteiger partial charge < -0.3 is 14.4 Å². The van der Waals surface area contributed by atoms with Crippen LogP contribution in [0, 0.1) is 0 Å². The first-order valence-corrected chi connectivity index (χ1v) is 3.99. The average molecular weight is 157 g/mol. The van der Waals surface area contributed by atoms with Gasteiger partial charge in [-0.05, 0) is 13.5 Å². The summed E-state index contributed by atoms with van der Waals surface area (Å²) in [5.74, 6) is 0.774. The maximum atomic E-state index is 5.26. The monoisotopic (exact) mass is 157 g/mol. The van der Waals surface area contributed by atoms with Crippen molar-refractivity contribution in [2.75, 3.05) is 32.9 Å². The Morgan fingerprint density at radius 2 is 2.18 bits per heavy atom. The van der Waals surface area contributed by atoms with E-state index in [0.29, 0.717) is 6.61 Å². The molecule has 0 unspecified atom stereocenters. The third-order valence-electron chi connectivity index (χ3n) is 1.67. The third kappa shape index (κ3) is 2.42. The van der Waals surface area contributed by atoms with Crippen LogP contribution in [0.2, 0.25) is 0 Å². The Labute approximate surface area is 67.6 Å². The molecule has 0 bridgehead atoms. The lowest BCUT2D eigenvalue weighted by atomic mass is 10.4. The molecule has 0 amide bonds. The van der Waals surface area contributed by atoms with Crippen molar-refractivity contribution in [3.8, 4) is 0 Å². The van der Waals surface area contributed by atoms with Gasteiger partial charge in [-0.1, -0.05) is 0 Å². The highest BCUT2D eigenvalue weighted by atomic mass is 16.5. The Morgan fingerprint density at radius 3 is 2.73 bits per heavy atom. The zero-order valence-corrected chi connectivity index (χ0v) is 7.01. The van der Waals surface area contributed by atoms with Crippen molar-refractivity contribution in [2.45, 2.75) is 6.92 Å². The van der Waals surface area contributed by atoms with Gasteiger partial charge >= 0.3 is 0 Å². The average Bonchev–Trinajstić information content (AvgIpc) is 2.07. The Hall–Kier alpha value is -0.700. The predicted molar refractivity (Wildman–Crippen MR) is 43.2 cm³/mol. The summed E-state index contributed by atoms with van der Waals surface area (Å²) in [5.41, 5.74) is 0. The van der Waals surface area contributed by atoms with Gasteiger partial charge in [-0.15, -0.1) is 0 Å². The molecule has 1 aliphatic rings. The van der Waals surface area contributed by atoms with Crippen molar-refractivity contribution in [1.82, 2.24) is 4.90 Å². The molecular formula is C8H15NO2. The summed E-state index contributed by atoms with van der Waals surface area (Å²) in [6.45, 7) is 9.84. The van der Waals surface area contributed by atoms with Gasteiger partial charge in [-0.2, -0.15) is 0 Å². The molecule has 0 radical (unpaired) electrons.